The molecule has 4 aromatic heterocycles. The van der Waals surface area contributed by atoms with Crippen LogP contribution in [0.2, 0.25) is 0 Å². The van der Waals surface area contributed by atoms with E-state index in [0.29, 0.717) is 0 Å². The molecule has 0 aliphatic carbocycles. The Hall–Kier alpha value is -7.58. The number of pyridine rings is 2. The fourth-order valence-electron chi connectivity index (χ4n) is 10.0. The topological polar surface area (TPSA) is 42.7 Å². The molecule has 0 saturated heterocycles. The molecule has 0 spiro atoms. The lowest BCUT2D eigenvalue weighted by atomic mass is 10.1. The van der Waals surface area contributed by atoms with Gasteiger partial charge in [-0.2, -0.15) is 0 Å². The minimum Gasteiger partial charge on any atom is -0.457 e. The summed E-state index contributed by atoms with van der Waals surface area (Å²) in [5.74, 6) is 2.43. The van der Waals surface area contributed by atoms with Crippen molar-refractivity contribution >= 4 is 116 Å². The summed E-state index contributed by atoms with van der Waals surface area (Å²) in [4.78, 5) is 12.9. The Morgan fingerprint density at radius 3 is 2.05 bits per heavy atom. The molecular formula is C54H34N4OSSi. The van der Waals surface area contributed by atoms with E-state index in [9.17, 15) is 0 Å². The Bertz CT molecular complexity index is 3670. The summed E-state index contributed by atoms with van der Waals surface area (Å²) in [6.45, 7) is 0. The molecule has 5 heterocycles. The number of benzene rings is 8. The fourth-order valence-corrected chi connectivity index (χ4v) is 16.2. The Morgan fingerprint density at radius 2 is 1.21 bits per heavy atom. The summed E-state index contributed by atoms with van der Waals surface area (Å²) in [5.41, 5.74) is 6.27. The molecule has 0 unspecified atom stereocenters. The fraction of sp³-hybridized carbons (Fsp3) is 0. The summed E-state index contributed by atoms with van der Waals surface area (Å²) < 4.78 is 11.7. The van der Waals surface area contributed by atoms with Crippen molar-refractivity contribution in [1.82, 2.24) is 14.4 Å². The largest absolute Gasteiger partial charge is 0.457 e. The average molecular weight is 815 g/mol. The minimum absolute atomic E-state index is 0.740. The first-order chi connectivity index (χ1) is 30.3. The third-order valence-electron chi connectivity index (χ3n) is 12.5. The van der Waals surface area contributed by atoms with Crippen LogP contribution >= 0.6 is 11.3 Å². The molecule has 0 bridgehead atoms. The van der Waals surface area contributed by atoms with Gasteiger partial charge in [-0.1, -0.05) is 127 Å². The van der Waals surface area contributed by atoms with E-state index in [0.717, 1.165) is 56.0 Å². The van der Waals surface area contributed by atoms with Gasteiger partial charge in [0, 0.05) is 43.2 Å². The van der Waals surface area contributed by atoms with Crippen LogP contribution in [0.4, 0.5) is 17.2 Å². The molecular weight excluding hydrogens is 781 g/mol. The van der Waals surface area contributed by atoms with Crippen molar-refractivity contribution < 1.29 is 4.74 Å². The molecule has 1 aliphatic rings. The predicted octanol–water partition coefficient (Wildman–Crippen LogP) is 11.5. The lowest BCUT2D eigenvalue weighted by molar-refractivity contribution is 0.483. The van der Waals surface area contributed by atoms with Gasteiger partial charge in [0.1, 0.15) is 23.0 Å². The van der Waals surface area contributed by atoms with Crippen molar-refractivity contribution in [2.75, 3.05) is 4.90 Å². The van der Waals surface area contributed by atoms with E-state index in [4.69, 9.17) is 14.7 Å². The summed E-state index contributed by atoms with van der Waals surface area (Å²) in [5, 5.41) is 11.1. The zero-order chi connectivity index (χ0) is 40.1. The highest BCUT2D eigenvalue weighted by Crippen LogP contribution is 2.47. The van der Waals surface area contributed by atoms with Crippen LogP contribution in [0.25, 0.3) is 58.5 Å². The SMILES string of the molecule is c1ccc([Si]2(c3ccccc3)c3cccnc3N(c3cccc(Oc4ccc5c6ccccc6n6c7ccccc7nc6c5c4)c3)c3c2ccc2sc4ccccc4c32)cc1. The van der Waals surface area contributed by atoms with Crippen LogP contribution in [-0.2, 0) is 0 Å². The summed E-state index contributed by atoms with van der Waals surface area (Å²) >= 11 is 1.85. The van der Waals surface area contributed by atoms with Gasteiger partial charge < -0.3 is 4.74 Å². The number of aromatic nitrogens is 3. The van der Waals surface area contributed by atoms with Gasteiger partial charge in [-0.25, -0.2) is 9.97 Å². The molecule has 0 atom stereocenters. The second-order valence-corrected chi connectivity index (χ2v) is 20.5. The molecule has 8 aromatic carbocycles. The number of anilines is 3. The molecule has 13 rings (SSSR count). The monoisotopic (exact) mass is 814 g/mol. The van der Waals surface area contributed by atoms with Crippen LogP contribution in [0.1, 0.15) is 0 Å². The summed E-state index contributed by atoms with van der Waals surface area (Å²) in [7, 11) is -2.92. The van der Waals surface area contributed by atoms with Crippen LogP contribution < -0.4 is 30.4 Å². The van der Waals surface area contributed by atoms with Gasteiger partial charge in [0.2, 0.25) is 0 Å². The quantitative estimate of drug-likeness (QED) is 0.128. The molecule has 5 nitrogen and oxygen atoms in total. The van der Waals surface area contributed by atoms with Crippen molar-refractivity contribution in [2.45, 2.75) is 0 Å². The van der Waals surface area contributed by atoms with Gasteiger partial charge in [-0.3, -0.25) is 9.30 Å². The first-order valence-corrected chi connectivity index (χ1v) is 23.4. The zero-order valence-corrected chi connectivity index (χ0v) is 34.6. The number of imidazole rings is 1. The molecule has 0 amide bonds. The maximum Gasteiger partial charge on any atom is 0.186 e. The van der Waals surface area contributed by atoms with E-state index in [1.54, 1.807) is 0 Å². The van der Waals surface area contributed by atoms with E-state index in [-0.39, 0.29) is 0 Å². The van der Waals surface area contributed by atoms with Crippen molar-refractivity contribution in [3.8, 4) is 11.5 Å². The van der Waals surface area contributed by atoms with E-state index >= 15 is 0 Å². The number of thiophene rings is 1. The maximum atomic E-state index is 6.88. The molecule has 286 valence electrons. The first kappa shape index (κ1) is 34.3. The van der Waals surface area contributed by atoms with E-state index in [2.05, 4.69) is 197 Å². The standard InChI is InChI=1S/C54H34N4OSSi/c1-3-17-38(18-4-1)61(39-19-5-2-6-20-39)49-31-30-48-51(42-22-8-12-26-47(42)60-48)52(49)57(54-50(61)27-14-32-55-54)35-15-13-16-36(33-35)59-37-28-29-40-41-21-7-10-24-45(41)58-46-25-11-9-23-44(46)56-53(58)43(40)34-37/h1-34H. The van der Waals surface area contributed by atoms with Gasteiger partial charge in [0.15, 0.2) is 8.07 Å². The highest BCUT2D eigenvalue weighted by atomic mass is 32.1. The molecule has 7 heteroatoms. The maximum absolute atomic E-state index is 6.88. The average Bonchev–Trinajstić information content (AvgIpc) is 3.91. The molecule has 61 heavy (non-hydrogen) atoms. The molecule has 0 N–H and O–H groups in total. The van der Waals surface area contributed by atoms with Gasteiger partial charge in [-0.05, 0) is 92.9 Å². The second-order valence-electron chi connectivity index (χ2n) is 15.7. The van der Waals surface area contributed by atoms with Crippen LogP contribution in [0.3, 0.4) is 0 Å². The van der Waals surface area contributed by atoms with Crippen LogP contribution in [0.15, 0.2) is 206 Å². The number of ether oxygens (including phenoxy) is 1. The Morgan fingerprint density at radius 1 is 0.492 bits per heavy atom. The summed E-state index contributed by atoms with van der Waals surface area (Å²) in [6, 6.07) is 72.1. The molecule has 12 aromatic rings. The molecule has 0 saturated carbocycles. The van der Waals surface area contributed by atoms with E-state index in [1.165, 1.54) is 52.0 Å². The number of hydrogen-bond donors (Lipinski definition) is 0. The van der Waals surface area contributed by atoms with Crippen molar-refractivity contribution in [2.24, 2.45) is 0 Å². The predicted molar refractivity (Wildman–Crippen MR) is 257 cm³/mol. The van der Waals surface area contributed by atoms with Gasteiger partial charge >= 0.3 is 0 Å². The first-order valence-electron chi connectivity index (χ1n) is 20.6. The highest BCUT2D eigenvalue weighted by molar-refractivity contribution is 7.26. The summed E-state index contributed by atoms with van der Waals surface area (Å²) in [6.07, 6.45) is 1.94. The van der Waals surface area contributed by atoms with Gasteiger partial charge in [0.25, 0.3) is 0 Å². The third kappa shape index (κ3) is 4.93. The van der Waals surface area contributed by atoms with Crippen LogP contribution in [0.5, 0.6) is 11.5 Å². The number of para-hydroxylation sites is 3. The van der Waals surface area contributed by atoms with Crippen molar-refractivity contribution in [3.05, 3.63) is 206 Å². The minimum atomic E-state index is -2.92. The van der Waals surface area contributed by atoms with E-state index in [1.807, 2.05) is 29.7 Å². The third-order valence-corrected chi connectivity index (χ3v) is 18.4. The smallest absolute Gasteiger partial charge is 0.186 e. The van der Waals surface area contributed by atoms with Gasteiger partial charge in [0.05, 0.1) is 27.9 Å². The van der Waals surface area contributed by atoms with E-state index < -0.39 is 8.07 Å². The Kier molecular flexibility index (Phi) is 7.43. The molecule has 1 aliphatic heterocycles. The zero-order valence-electron chi connectivity index (χ0n) is 32.7. The molecule has 0 fully saturated rings. The second kappa shape index (κ2) is 13.2. The van der Waals surface area contributed by atoms with Crippen LogP contribution in [0, 0.1) is 0 Å². The number of nitrogens with zero attached hydrogens (tertiary/aromatic N) is 4. The molecule has 0 radical (unpaired) electrons. The van der Waals surface area contributed by atoms with Crippen LogP contribution in [-0.4, -0.2) is 22.4 Å². The Balaban J connectivity index is 1.03. The van der Waals surface area contributed by atoms with Crippen molar-refractivity contribution in [3.63, 3.8) is 0 Å². The number of hydrogen-bond acceptors (Lipinski definition) is 5. The van der Waals surface area contributed by atoms with Crippen molar-refractivity contribution in [1.29, 1.82) is 0 Å². The highest BCUT2D eigenvalue weighted by Gasteiger charge is 2.50. The lowest BCUT2D eigenvalue weighted by Gasteiger charge is -2.44. The normalized spacial score (nSPS) is 13.3. The van der Waals surface area contributed by atoms with Gasteiger partial charge in [-0.15, -0.1) is 11.3 Å². The number of fused-ring (bicyclic) bond motifs is 14. The Labute approximate surface area is 356 Å². The number of rotatable bonds is 5. The lowest BCUT2D eigenvalue weighted by Crippen LogP contribution is -2.77.